The molecule has 9 nitrogen and oxygen atoms in total. The summed E-state index contributed by atoms with van der Waals surface area (Å²) >= 11 is 1.40. The van der Waals surface area contributed by atoms with Gasteiger partial charge in [0.1, 0.15) is 4.90 Å². The van der Waals surface area contributed by atoms with Crippen molar-refractivity contribution in [1.82, 2.24) is 0 Å². The second-order valence-electron chi connectivity index (χ2n) is 3.12. The monoisotopic (exact) mass is 456 g/mol. The third kappa shape index (κ3) is 3.68. The molecule has 0 aliphatic carbocycles. The molecule has 0 aromatic heterocycles. The number of halogens is 2. The highest BCUT2D eigenvalue weighted by molar-refractivity contribution is 14.1. The molecule has 0 heterocycles. The molecule has 0 aliphatic heterocycles. The molecule has 2 N–H and O–H groups in total. The fraction of sp³-hybridized carbons (Fsp3) is 0.143. The summed E-state index contributed by atoms with van der Waals surface area (Å²) in [5, 5.41) is 8.70. The van der Waals surface area contributed by atoms with Gasteiger partial charge in [-0.2, -0.15) is 16.8 Å². The molecule has 0 saturated heterocycles. The van der Waals surface area contributed by atoms with E-state index in [2.05, 4.69) is 9.71 Å². The van der Waals surface area contributed by atoms with Gasteiger partial charge in [-0.15, -0.1) is 0 Å². The molecule has 13 heteroatoms. The Balaban J connectivity index is 0.00000361. The zero-order valence-electron chi connectivity index (χ0n) is 9.48. The Kier molecular flexibility index (Phi) is 6.14. The summed E-state index contributed by atoms with van der Waals surface area (Å²) in [5.41, 5.74) is -0.785. The van der Waals surface area contributed by atoms with Crippen molar-refractivity contribution in [2.24, 2.45) is 0 Å². The van der Waals surface area contributed by atoms with Crippen molar-refractivity contribution in [3.63, 3.8) is 0 Å². The first-order valence-corrected chi connectivity index (χ1v) is 8.20. The molecule has 0 unspecified atom stereocenters. The summed E-state index contributed by atoms with van der Waals surface area (Å²) in [7, 11) is -8.51. The summed E-state index contributed by atoms with van der Waals surface area (Å²) in [6.07, 6.45) is 0. The van der Waals surface area contributed by atoms with E-state index >= 15 is 0 Å². The van der Waals surface area contributed by atoms with Crippen molar-refractivity contribution in [1.29, 1.82) is 5.39 Å². The zero-order valence-corrected chi connectivity index (χ0v) is 14.0. The summed E-state index contributed by atoms with van der Waals surface area (Å²) in [6, 6.07) is 0.586. The molecular weight excluding hydrogens is 451 g/mol. The predicted octanol–water partition coefficient (Wildman–Crippen LogP) is -1.72. The quantitative estimate of drug-likeness (QED) is 0.310. The Morgan fingerprint density at radius 3 is 2.05 bits per heavy atom. The zero-order chi connectivity index (χ0) is 15.0. The number of ether oxygens (including phenoxy) is 1. The van der Waals surface area contributed by atoms with Crippen LogP contribution >= 0.6 is 22.6 Å². The Morgan fingerprint density at radius 2 is 1.75 bits per heavy atom. The van der Waals surface area contributed by atoms with E-state index < -0.39 is 41.5 Å². The lowest BCUT2D eigenvalue weighted by molar-refractivity contribution is -0.0000127. The fourth-order valence-electron chi connectivity index (χ4n) is 1.27. The average molecular weight is 457 g/mol. The van der Waals surface area contributed by atoms with Crippen LogP contribution in [0.25, 0.3) is 4.98 Å². The third-order valence-corrected chi connectivity index (χ3v) is 5.20. The Hall–Kier alpha value is -0.720. The van der Waals surface area contributed by atoms with E-state index in [9.17, 15) is 16.8 Å². The van der Waals surface area contributed by atoms with Gasteiger partial charge in [0.25, 0.3) is 10.1 Å². The minimum Gasteiger partial charge on any atom is -1.00 e. The van der Waals surface area contributed by atoms with Gasteiger partial charge < -0.3 is 17.1 Å². The SMILES string of the molecule is COc1c(I)c(S(=O)(=O)O)cc([N+]#N)c1S(=O)(=O)O.[Cl-]. The number of nitrogens with zero attached hydrogens (tertiary/aromatic N) is 2. The summed E-state index contributed by atoms with van der Waals surface area (Å²) in [6.45, 7) is 0. The largest absolute Gasteiger partial charge is 1.00 e. The van der Waals surface area contributed by atoms with E-state index in [0.717, 1.165) is 7.11 Å². The molecule has 0 saturated carbocycles. The van der Waals surface area contributed by atoms with Gasteiger partial charge in [0.2, 0.25) is 10.3 Å². The minimum atomic E-state index is -4.83. The van der Waals surface area contributed by atoms with Gasteiger partial charge in [-0.3, -0.25) is 9.11 Å². The Bertz CT molecular complexity index is 784. The van der Waals surface area contributed by atoms with Crippen LogP contribution in [-0.4, -0.2) is 33.1 Å². The highest BCUT2D eigenvalue weighted by atomic mass is 127. The van der Waals surface area contributed by atoms with Crippen molar-refractivity contribution < 1.29 is 43.1 Å². The first kappa shape index (κ1) is 19.3. The normalized spacial score (nSPS) is 11.3. The maximum absolute atomic E-state index is 11.2. The summed E-state index contributed by atoms with van der Waals surface area (Å²) in [4.78, 5) is 0.937. The number of hydrogen-bond donors (Lipinski definition) is 2. The van der Waals surface area contributed by atoms with Crippen molar-refractivity contribution >= 4 is 48.5 Å². The van der Waals surface area contributed by atoms with Crippen LogP contribution in [0, 0.1) is 8.96 Å². The molecule has 0 bridgehead atoms. The molecule has 0 amide bonds. The minimum absolute atomic E-state index is 0. The summed E-state index contributed by atoms with van der Waals surface area (Å²) in [5.74, 6) is -0.564. The van der Waals surface area contributed by atoms with Crippen LogP contribution in [0.5, 0.6) is 5.75 Å². The maximum Gasteiger partial charge on any atom is 0.411 e. The molecule has 1 rings (SSSR count). The smallest absolute Gasteiger partial charge is 0.411 e. The van der Waals surface area contributed by atoms with Crippen molar-refractivity contribution in [2.75, 3.05) is 7.11 Å². The number of hydrogen-bond acceptors (Lipinski definition) is 6. The van der Waals surface area contributed by atoms with Crippen LogP contribution in [0.3, 0.4) is 0 Å². The molecule has 20 heavy (non-hydrogen) atoms. The number of diazo groups is 1. The first-order chi connectivity index (χ1) is 8.54. The lowest BCUT2D eigenvalue weighted by Gasteiger charge is -2.08. The number of benzene rings is 1. The van der Waals surface area contributed by atoms with Crippen LogP contribution in [-0.2, 0) is 20.2 Å². The van der Waals surface area contributed by atoms with Crippen molar-refractivity contribution in [3.05, 3.63) is 14.6 Å². The van der Waals surface area contributed by atoms with Gasteiger partial charge in [0.15, 0.2) is 10.7 Å². The molecule has 112 valence electrons. The van der Waals surface area contributed by atoms with E-state index in [4.69, 9.17) is 14.5 Å². The average Bonchev–Trinajstić information content (AvgIpc) is 2.25. The summed E-state index contributed by atoms with van der Waals surface area (Å²) < 4.78 is 67.0. The standard InChI is InChI=1S/C7H5IN2O7S2.ClH/c1-17-6-5(8)4(18(11,12)13)2-3(10-9)7(6)19(14,15)16;/h2H,1H3,(H-,11,12,13,14,15,16);1H. The van der Waals surface area contributed by atoms with Crippen LogP contribution in [0.15, 0.2) is 15.9 Å². The van der Waals surface area contributed by atoms with E-state index in [-0.39, 0.29) is 16.0 Å². The van der Waals surface area contributed by atoms with Crippen molar-refractivity contribution in [3.8, 4) is 5.75 Å². The lowest BCUT2D eigenvalue weighted by Crippen LogP contribution is -3.00. The van der Waals surface area contributed by atoms with Crippen LogP contribution in [0.2, 0.25) is 0 Å². The number of methoxy groups -OCH3 is 1. The molecule has 1 aromatic rings. The van der Waals surface area contributed by atoms with E-state index in [1.54, 1.807) is 0 Å². The van der Waals surface area contributed by atoms with Gasteiger partial charge in [0.05, 0.1) is 16.7 Å². The molecule has 1 aromatic carbocycles. The van der Waals surface area contributed by atoms with E-state index in [1.165, 1.54) is 22.6 Å². The highest BCUT2D eigenvalue weighted by Gasteiger charge is 2.36. The molecule has 0 radical (unpaired) electrons. The van der Waals surface area contributed by atoms with Gasteiger partial charge in [-0.25, -0.2) is 0 Å². The molecular formula is C7H6ClIN2O7S2. The third-order valence-electron chi connectivity index (χ3n) is 1.97. The second-order valence-corrected chi connectivity index (χ2v) is 6.95. The van der Waals surface area contributed by atoms with Gasteiger partial charge in [0, 0.05) is 0 Å². The second kappa shape index (κ2) is 6.37. The van der Waals surface area contributed by atoms with Crippen LogP contribution in [0.4, 0.5) is 5.69 Å². The maximum atomic E-state index is 11.2. The van der Waals surface area contributed by atoms with Gasteiger partial charge >= 0.3 is 15.8 Å². The lowest BCUT2D eigenvalue weighted by atomic mass is 10.3. The van der Waals surface area contributed by atoms with Crippen LogP contribution < -0.4 is 17.1 Å². The highest BCUT2D eigenvalue weighted by Crippen LogP contribution is 2.40. The fourth-order valence-corrected chi connectivity index (χ4v) is 4.30. The van der Waals surface area contributed by atoms with Crippen molar-refractivity contribution in [2.45, 2.75) is 9.79 Å². The first-order valence-electron chi connectivity index (χ1n) is 4.24. The molecule has 0 fully saturated rings. The van der Waals surface area contributed by atoms with Gasteiger partial charge in [-0.05, 0) is 22.6 Å². The molecule has 0 atom stereocenters. The Morgan fingerprint density at radius 1 is 1.25 bits per heavy atom. The molecule has 0 spiro atoms. The molecule has 0 aliphatic rings. The van der Waals surface area contributed by atoms with Gasteiger partial charge in [-0.1, -0.05) is 0 Å². The topological polar surface area (TPSA) is 146 Å². The Labute approximate surface area is 134 Å². The van der Waals surface area contributed by atoms with Crippen LogP contribution in [0.1, 0.15) is 0 Å². The number of rotatable bonds is 3. The van der Waals surface area contributed by atoms with E-state index in [1.807, 2.05) is 0 Å². The van der Waals surface area contributed by atoms with E-state index in [0.29, 0.717) is 6.07 Å². The predicted molar refractivity (Wildman–Crippen MR) is 70.1 cm³/mol.